The maximum Gasteiger partial charge on any atom is 0.278 e. The molecule has 156 valence electrons. The predicted molar refractivity (Wildman–Crippen MR) is 120 cm³/mol. The number of nitrogens with zero attached hydrogens (tertiary/aromatic N) is 3. The Balaban J connectivity index is 1.39. The number of rotatable bonds is 7. The number of hydrogen-bond donors (Lipinski definition) is 3. The lowest BCUT2D eigenvalue weighted by Gasteiger charge is -2.29. The van der Waals surface area contributed by atoms with Crippen LogP contribution in [0.4, 0.5) is 16.5 Å². The van der Waals surface area contributed by atoms with Crippen molar-refractivity contribution in [1.82, 2.24) is 15.3 Å². The summed E-state index contributed by atoms with van der Waals surface area (Å²) in [6.07, 6.45) is 1.79. The molecule has 1 aliphatic rings. The van der Waals surface area contributed by atoms with E-state index in [9.17, 15) is 4.79 Å². The highest BCUT2D eigenvalue weighted by Gasteiger charge is 2.17. The lowest BCUT2D eigenvalue weighted by molar-refractivity contribution is 0.102. The number of nitrogens with one attached hydrogen (secondary N) is 3. The van der Waals surface area contributed by atoms with Crippen LogP contribution in [-0.4, -0.2) is 49.2 Å². The third-order valence-corrected chi connectivity index (χ3v) is 5.67. The Bertz CT molecular complexity index is 985. The summed E-state index contributed by atoms with van der Waals surface area (Å²) in [5, 5.41) is 10.2. The molecule has 0 unspecified atom stereocenters. The van der Waals surface area contributed by atoms with Crippen molar-refractivity contribution in [3.8, 4) is 5.75 Å². The number of carbonyl (C=O) groups is 1. The van der Waals surface area contributed by atoms with Crippen molar-refractivity contribution in [2.24, 2.45) is 0 Å². The van der Waals surface area contributed by atoms with Crippen LogP contribution in [0.2, 0.25) is 0 Å². The normalized spacial score (nSPS) is 13.7. The number of carbonyl (C=O) groups excluding carboxylic acids is 1. The number of piperazine rings is 1. The summed E-state index contributed by atoms with van der Waals surface area (Å²) in [6, 6.07) is 11.6. The second-order valence-corrected chi connectivity index (χ2v) is 7.64. The fourth-order valence-electron chi connectivity index (χ4n) is 3.30. The molecule has 0 spiro atoms. The highest BCUT2D eigenvalue weighted by atomic mass is 32.1. The molecule has 3 aromatic rings. The van der Waals surface area contributed by atoms with Gasteiger partial charge in [0.1, 0.15) is 16.6 Å². The van der Waals surface area contributed by atoms with Crippen LogP contribution in [0.1, 0.15) is 16.1 Å². The van der Waals surface area contributed by atoms with Gasteiger partial charge in [0.15, 0.2) is 5.69 Å². The number of para-hydroxylation sites is 1. The van der Waals surface area contributed by atoms with Gasteiger partial charge in [-0.2, -0.15) is 0 Å². The molecule has 3 heterocycles. The first-order chi connectivity index (χ1) is 14.7. The van der Waals surface area contributed by atoms with Crippen LogP contribution < -0.4 is 25.6 Å². The topological polar surface area (TPSA) is 91.4 Å². The van der Waals surface area contributed by atoms with Crippen LogP contribution in [0.15, 0.2) is 48.1 Å². The number of amides is 1. The number of methoxy groups -OCH3 is 1. The molecule has 8 nitrogen and oxygen atoms in total. The summed E-state index contributed by atoms with van der Waals surface area (Å²) in [5.41, 5.74) is 4.07. The first-order valence-corrected chi connectivity index (χ1v) is 10.6. The van der Waals surface area contributed by atoms with Crippen molar-refractivity contribution in [3.63, 3.8) is 0 Å². The van der Waals surface area contributed by atoms with E-state index in [1.54, 1.807) is 18.8 Å². The summed E-state index contributed by atoms with van der Waals surface area (Å²) in [7, 11) is 1.64. The summed E-state index contributed by atoms with van der Waals surface area (Å²) >= 11 is 1.39. The highest BCUT2D eigenvalue weighted by Crippen LogP contribution is 2.25. The van der Waals surface area contributed by atoms with Gasteiger partial charge in [0.05, 0.1) is 24.5 Å². The van der Waals surface area contributed by atoms with E-state index < -0.39 is 0 Å². The minimum Gasteiger partial charge on any atom is -0.496 e. The van der Waals surface area contributed by atoms with Gasteiger partial charge in [-0.05, 0) is 18.2 Å². The molecule has 1 amide bonds. The highest BCUT2D eigenvalue weighted by molar-refractivity contribution is 7.14. The van der Waals surface area contributed by atoms with Gasteiger partial charge in [-0.3, -0.25) is 4.79 Å². The molecule has 2 aromatic heterocycles. The number of benzene rings is 1. The molecule has 1 aliphatic heterocycles. The average molecular weight is 425 g/mol. The maximum absolute atomic E-state index is 12.7. The molecular formula is C21H24N6O2S. The van der Waals surface area contributed by atoms with Crippen LogP contribution in [0.5, 0.6) is 5.75 Å². The van der Waals surface area contributed by atoms with Crippen molar-refractivity contribution in [1.29, 1.82) is 0 Å². The Kier molecular flexibility index (Phi) is 6.41. The second kappa shape index (κ2) is 9.55. The third-order valence-electron chi connectivity index (χ3n) is 4.89. The van der Waals surface area contributed by atoms with Crippen molar-refractivity contribution in [2.45, 2.75) is 6.54 Å². The fraction of sp³-hybridized carbons (Fsp3) is 0.286. The molecule has 3 N–H and O–H groups in total. The van der Waals surface area contributed by atoms with E-state index in [1.165, 1.54) is 11.3 Å². The number of aromatic nitrogens is 2. The minimum atomic E-state index is -0.291. The van der Waals surface area contributed by atoms with Gasteiger partial charge in [0.2, 0.25) is 0 Å². The molecule has 1 fully saturated rings. The van der Waals surface area contributed by atoms with E-state index >= 15 is 0 Å². The quantitative estimate of drug-likeness (QED) is 0.537. The molecule has 1 saturated heterocycles. The van der Waals surface area contributed by atoms with Crippen molar-refractivity contribution < 1.29 is 9.53 Å². The Morgan fingerprint density at radius 3 is 2.80 bits per heavy atom. The average Bonchev–Trinajstić information content (AvgIpc) is 3.28. The summed E-state index contributed by atoms with van der Waals surface area (Å²) < 4.78 is 5.38. The van der Waals surface area contributed by atoms with E-state index in [1.807, 2.05) is 36.4 Å². The molecule has 9 heteroatoms. The zero-order valence-corrected chi connectivity index (χ0v) is 17.5. The zero-order chi connectivity index (χ0) is 20.8. The standard InChI is InChI=1S/C21H24N6O2S/c1-29-17-5-3-2-4-15(17)12-24-21-19(25-14-30-21)20(28)26-18-7-6-16(13-23-18)27-10-8-22-9-11-27/h2-7,13-14,22,24H,8-12H2,1H3,(H,23,26,28). The molecule has 1 aromatic carbocycles. The molecule has 0 saturated carbocycles. The van der Waals surface area contributed by atoms with Gasteiger partial charge in [-0.1, -0.05) is 18.2 Å². The smallest absolute Gasteiger partial charge is 0.278 e. The summed E-state index contributed by atoms with van der Waals surface area (Å²) in [4.78, 5) is 23.6. The first-order valence-electron chi connectivity index (χ1n) is 9.77. The largest absolute Gasteiger partial charge is 0.496 e. The van der Waals surface area contributed by atoms with E-state index in [0.29, 0.717) is 23.1 Å². The fourth-order valence-corrected chi connectivity index (χ4v) is 3.98. The predicted octanol–water partition coefficient (Wildman–Crippen LogP) is 2.82. The van der Waals surface area contributed by atoms with E-state index in [2.05, 4.69) is 30.8 Å². The van der Waals surface area contributed by atoms with Crippen molar-refractivity contribution in [2.75, 3.05) is 48.8 Å². The Labute approximate surface area is 179 Å². The second-order valence-electron chi connectivity index (χ2n) is 6.79. The van der Waals surface area contributed by atoms with Crippen LogP contribution in [0.3, 0.4) is 0 Å². The van der Waals surface area contributed by atoms with Crippen LogP contribution in [-0.2, 0) is 6.54 Å². The molecule has 30 heavy (non-hydrogen) atoms. The molecule has 0 radical (unpaired) electrons. The van der Waals surface area contributed by atoms with Crippen LogP contribution in [0.25, 0.3) is 0 Å². The van der Waals surface area contributed by atoms with Gasteiger partial charge in [-0.25, -0.2) is 9.97 Å². The lowest BCUT2D eigenvalue weighted by atomic mass is 10.2. The maximum atomic E-state index is 12.7. The Morgan fingerprint density at radius 2 is 2.03 bits per heavy atom. The summed E-state index contributed by atoms with van der Waals surface area (Å²) in [5.74, 6) is 1.01. The zero-order valence-electron chi connectivity index (χ0n) is 16.7. The number of thiazole rings is 1. The number of pyridine rings is 1. The SMILES string of the molecule is COc1ccccc1CNc1scnc1C(=O)Nc1ccc(N2CCNCC2)cn1. The Hall–Kier alpha value is -3.17. The van der Waals surface area contributed by atoms with Gasteiger partial charge >= 0.3 is 0 Å². The van der Waals surface area contributed by atoms with E-state index in [4.69, 9.17) is 4.74 Å². The minimum absolute atomic E-state index is 0.291. The van der Waals surface area contributed by atoms with Gasteiger partial charge < -0.3 is 25.6 Å². The van der Waals surface area contributed by atoms with E-state index in [0.717, 1.165) is 43.2 Å². The van der Waals surface area contributed by atoms with Crippen molar-refractivity contribution in [3.05, 3.63) is 59.4 Å². The number of anilines is 3. The van der Waals surface area contributed by atoms with E-state index in [-0.39, 0.29) is 5.91 Å². The first kappa shape index (κ1) is 20.1. The van der Waals surface area contributed by atoms with Gasteiger partial charge in [0, 0.05) is 38.3 Å². The third kappa shape index (κ3) is 4.69. The monoisotopic (exact) mass is 424 g/mol. The van der Waals surface area contributed by atoms with Crippen molar-refractivity contribution >= 4 is 33.8 Å². The van der Waals surface area contributed by atoms with Gasteiger partial charge in [-0.15, -0.1) is 11.3 Å². The molecule has 0 aliphatic carbocycles. The molecular weight excluding hydrogens is 400 g/mol. The van der Waals surface area contributed by atoms with Crippen LogP contribution in [0, 0.1) is 0 Å². The van der Waals surface area contributed by atoms with Gasteiger partial charge in [0.25, 0.3) is 5.91 Å². The molecule has 0 atom stereocenters. The molecule has 0 bridgehead atoms. The number of ether oxygens (including phenoxy) is 1. The van der Waals surface area contributed by atoms with Crippen LogP contribution >= 0.6 is 11.3 Å². The molecule has 4 rings (SSSR count). The summed E-state index contributed by atoms with van der Waals surface area (Å²) in [6.45, 7) is 4.37. The lowest BCUT2D eigenvalue weighted by Crippen LogP contribution is -2.43. The Morgan fingerprint density at radius 1 is 1.20 bits per heavy atom. The number of hydrogen-bond acceptors (Lipinski definition) is 8.